The van der Waals surface area contributed by atoms with E-state index in [1.807, 2.05) is 18.2 Å². The molecule has 0 unspecified atom stereocenters. The fourth-order valence-corrected chi connectivity index (χ4v) is 2.10. The van der Waals surface area contributed by atoms with Gasteiger partial charge >= 0.3 is 5.97 Å². The Hall–Kier alpha value is -2.82. The number of rotatable bonds is 4. The predicted molar refractivity (Wildman–Crippen MR) is 78.3 cm³/mol. The second kappa shape index (κ2) is 5.89. The lowest BCUT2D eigenvalue weighted by atomic mass is 10.2. The Bertz CT molecular complexity index is 789. The minimum atomic E-state index is -0.590. The molecule has 0 aliphatic carbocycles. The Labute approximate surface area is 126 Å². The Morgan fingerprint density at radius 1 is 1.18 bits per heavy atom. The summed E-state index contributed by atoms with van der Waals surface area (Å²) in [7, 11) is 1.39. The predicted octanol–water partition coefficient (Wildman–Crippen LogP) is 3.94. The van der Waals surface area contributed by atoms with Crippen molar-refractivity contribution in [1.29, 1.82) is 0 Å². The van der Waals surface area contributed by atoms with Crippen molar-refractivity contribution in [3.8, 4) is 5.75 Å². The molecule has 0 aliphatic rings. The number of methoxy groups -OCH3 is 1. The van der Waals surface area contributed by atoms with Gasteiger partial charge in [0, 0.05) is 5.39 Å². The van der Waals surface area contributed by atoms with Crippen LogP contribution in [0.5, 0.6) is 5.75 Å². The first-order valence-corrected chi connectivity index (χ1v) is 6.65. The molecule has 3 aromatic rings. The average molecular weight is 300 g/mol. The van der Waals surface area contributed by atoms with Crippen LogP contribution in [-0.2, 0) is 11.3 Å². The number of hydrogen-bond acceptors (Lipinski definition) is 4. The van der Waals surface area contributed by atoms with Crippen LogP contribution in [0, 0.1) is 5.82 Å². The summed E-state index contributed by atoms with van der Waals surface area (Å²) in [6.45, 7) is -0.0448. The smallest absolute Gasteiger partial charge is 0.374 e. The van der Waals surface area contributed by atoms with E-state index in [9.17, 15) is 9.18 Å². The van der Waals surface area contributed by atoms with Gasteiger partial charge in [-0.1, -0.05) is 24.3 Å². The second-order valence-electron chi connectivity index (χ2n) is 4.69. The number of benzene rings is 2. The van der Waals surface area contributed by atoms with Crippen molar-refractivity contribution in [3.05, 3.63) is 65.7 Å². The largest absolute Gasteiger partial charge is 0.494 e. The summed E-state index contributed by atoms with van der Waals surface area (Å²) in [5.74, 6) is -0.824. The summed E-state index contributed by atoms with van der Waals surface area (Å²) in [4.78, 5) is 12.0. The van der Waals surface area contributed by atoms with Gasteiger partial charge in [0.05, 0.1) is 7.11 Å². The molecule has 0 saturated carbocycles. The molecule has 0 N–H and O–H groups in total. The van der Waals surface area contributed by atoms with Crippen molar-refractivity contribution >= 4 is 16.9 Å². The van der Waals surface area contributed by atoms with Crippen LogP contribution in [0.25, 0.3) is 11.0 Å². The van der Waals surface area contributed by atoms with Crippen molar-refractivity contribution < 1.29 is 23.1 Å². The summed E-state index contributed by atoms with van der Waals surface area (Å²) < 4.78 is 28.9. The van der Waals surface area contributed by atoms with E-state index in [4.69, 9.17) is 13.9 Å². The van der Waals surface area contributed by atoms with Crippen LogP contribution in [0.4, 0.5) is 4.39 Å². The zero-order valence-electron chi connectivity index (χ0n) is 11.8. The van der Waals surface area contributed by atoms with E-state index in [0.717, 1.165) is 5.39 Å². The van der Waals surface area contributed by atoms with Gasteiger partial charge in [0.15, 0.2) is 11.6 Å². The number of esters is 1. The molecule has 4 nitrogen and oxygen atoms in total. The van der Waals surface area contributed by atoms with Crippen molar-refractivity contribution in [2.75, 3.05) is 7.11 Å². The van der Waals surface area contributed by atoms with Gasteiger partial charge < -0.3 is 13.9 Å². The average Bonchev–Trinajstić information content (AvgIpc) is 2.97. The molecule has 0 spiro atoms. The van der Waals surface area contributed by atoms with Gasteiger partial charge in [-0.15, -0.1) is 0 Å². The van der Waals surface area contributed by atoms with Crippen LogP contribution < -0.4 is 4.74 Å². The Kier molecular flexibility index (Phi) is 3.78. The van der Waals surface area contributed by atoms with Gasteiger partial charge in [-0.2, -0.15) is 0 Å². The maximum Gasteiger partial charge on any atom is 0.374 e. The molecule has 0 aliphatic heterocycles. The van der Waals surface area contributed by atoms with Crippen LogP contribution in [-0.4, -0.2) is 13.1 Å². The number of carbonyl (C=O) groups is 1. The maximum atomic E-state index is 13.6. The van der Waals surface area contributed by atoms with Crippen LogP contribution in [0.2, 0.25) is 0 Å². The molecule has 0 atom stereocenters. The number of carbonyl (C=O) groups excluding carboxylic acids is 1. The molecule has 0 saturated heterocycles. The van der Waals surface area contributed by atoms with E-state index in [1.54, 1.807) is 18.2 Å². The first-order chi connectivity index (χ1) is 10.7. The highest BCUT2D eigenvalue weighted by molar-refractivity contribution is 5.92. The summed E-state index contributed by atoms with van der Waals surface area (Å²) >= 11 is 0. The maximum absolute atomic E-state index is 13.6. The lowest BCUT2D eigenvalue weighted by Crippen LogP contribution is -2.04. The van der Waals surface area contributed by atoms with Gasteiger partial charge in [0.1, 0.15) is 12.2 Å². The Morgan fingerprint density at radius 2 is 2.00 bits per heavy atom. The molecule has 0 amide bonds. The van der Waals surface area contributed by atoms with Crippen LogP contribution >= 0.6 is 0 Å². The van der Waals surface area contributed by atoms with E-state index in [0.29, 0.717) is 11.1 Å². The van der Waals surface area contributed by atoms with Crippen molar-refractivity contribution in [2.24, 2.45) is 0 Å². The second-order valence-corrected chi connectivity index (χ2v) is 4.69. The SMILES string of the molecule is COc1ccc(COC(=O)c2cc3ccccc3o2)cc1F. The number of furan rings is 1. The van der Waals surface area contributed by atoms with Crippen LogP contribution in [0.15, 0.2) is 52.9 Å². The minimum Gasteiger partial charge on any atom is -0.494 e. The molecule has 0 bridgehead atoms. The van der Waals surface area contributed by atoms with Crippen molar-refractivity contribution in [1.82, 2.24) is 0 Å². The van der Waals surface area contributed by atoms with E-state index >= 15 is 0 Å². The van der Waals surface area contributed by atoms with Crippen LogP contribution in [0.3, 0.4) is 0 Å². The highest BCUT2D eigenvalue weighted by atomic mass is 19.1. The lowest BCUT2D eigenvalue weighted by molar-refractivity contribution is 0.0438. The number of para-hydroxylation sites is 1. The van der Waals surface area contributed by atoms with Crippen molar-refractivity contribution in [3.63, 3.8) is 0 Å². The number of halogens is 1. The van der Waals surface area contributed by atoms with Crippen LogP contribution in [0.1, 0.15) is 16.1 Å². The molecule has 2 aromatic carbocycles. The van der Waals surface area contributed by atoms with E-state index < -0.39 is 11.8 Å². The van der Waals surface area contributed by atoms with E-state index in [-0.39, 0.29) is 18.1 Å². The molecule has 5 heteroatoms. The molecule has 112 valence electrons. The fraction of sp³-hybridized carbons (Fsp3) is 0.118. The summed E-state index contributed by atoms with van der Waals surface area (Å²) in [5, 5.41) is 0.824. The third-order valence-electron chi connectivity index (χ3n) is 3.21. The molecule has 1 heterocycles. The number of ether oxygens (including phenoxy) is 2. The standard InChI is InChI=1S/C17H13FO4/c1-20-15-7-6-11(8-13(15)18)10-21-17(19)16-9-12-4-2-3-5-14(12)22-16/h2-9H,10H2,1H3. The zero-order chi connectivity index (χ0) is 15.5. The summed E-state index contributed by atoms with van der Waals surface area (Å²) in [6.07, 6.45) is 0. The molecule has 1 aromatic heterocycles. The first kappa shape index (κ1) is 14.1. The Morgan fingerprint density at radius 3 is 2.73 bits per heavy atom. The normalized spacial score (nSPS) is 10.6. The zero-order valence-corrected chi connectivity index (χ0v) is 11.8. The topological polar surface area (TPSA) is 48.7 Å². The van der Waals surface area contributed by atoms with Gasteiger partial charge in [0.2, 0.25) is 5.76 Å². The third-order valence-corrected chi connectivity index (χ3v) is 3.21. The summed E-state index contributed by atoms with van der Waals surface area (Å²) in [6, 6.07) is 13.3. The quantitative estimate of drug-likeness (QED) is 0.685. The van der Waals surface area contributed by atoms with Crippen molar-refractivity contribution in [2.45, 2.75) is 6.61 Å². The minimum absolute atomic E-state index is 0.0448. The molecule has 22 heavy (non-hydrogen) atoms. The molecular weight excluding hydrogens is 287 g/mol. The van der Waals surface area contributed by atoms with Gasteiger partial charge in [0.25, 0.3) is 0 Å². The molecule has 0 radical (unpaired) electrons. The number of fused-ring (bicyclic) bond motifs is 1. The first-order valence-electron chi connectivity index (χ1n) is 6.65. The fourth-order valence-electron chi connectivity index (χ4n) is 2.10. The monoisotopic (exact) mass is 300 g/mol. The Balaban J connectivity index is 1.70. The summed E-state index contributed by atoms with van der Waals surface area (Å²) in [5.41, 5.74) is 1.15. The van der Waals surface area contributed by atoms with Gasteiger partial charge in [-0.25, -0.2) is 9.18 Å². The van der Waals surface area contributed by atoms with E-state index in [1.165, 1.54) is 19.2 Å². The number of hydrogen-bond donors (Lipinski definition) is 0. The highest BCUT2D eigenvalue weighted by Gasteiger charge is 2.14. The molecule has 0 fully saturated rings. The lowest BCUT2D eigenvalue weighted by Gasteiger charge is -2.05. The molecule has 3 rings (SSSR count). The third kappa shape index (κ3) is 2.79. The molecular formula is C17H13FO4. The highest BCUT2D eigenvalue weighted by Crippen LogP contribution is 2.21. The van der Waals surface area contributed by atoms with E-state index in [2.05, 4.69) is 0 Å². The van der Waals surface area contributed by atoms with Gasteiger partial charge in [-0.05, 0) is 29.8 Å². The van der Waals surface area contributed by atoms with Gasteiger partial charge in [-0.3, -0.25) is 0 Å².